The zero-order valence-electron chi connectivity index (χ0n) is 20.1. The molecule has 1 aliphatic rings. The van der Waals surface area contributed by atoms with Crippen LogP contribution in [0.15, 0.2) is 30.9 Å². The van der Waals surface area contributed by atoms with Crippen molar-refractivity contribution in [2.24, 2.45) is 7.05 Å². The van der Waals surface area contributed by atoms with Crippen LogP contribution in [0.4, 0.5) is 17.6 Å². The first kappa shape index (κ1) is 22.7. The summed E-state index contributed by atoms with van der Waals surface area (Å²) in [6.45, 7) is 0.898. The molecule has 1 saturated heterocycles. The van der Waals surface area contributed by atoms with Gasteiger partial charge in [0, 0.05) is 25.7 Å². The van der Waals surface area contributed by atoms with Gasteiger partial charge in [0.1, 0.15) is 12.1 Å². The molecule has 1 fully saturated rings. The van der Waals surface area contributed by atoms with Gasteiger partial charge in [-0.3, -0.25) is 4.68 Å². The van der Waals surface area contributed by atoms with Crippen LogP contribution >= 0.6 is 0 Å². The molecule has 1 unspecified atom stereocenters. The van der Waals surface area contributed by atoms with E-state index in [4.69, 9.17) is 19.2 Å². The van der Waals surface area contributed by atoms with E-state index in [0.29, 0.717) is 34.7 Å². The van der Waals surface area contributed by atoms with Gasteiger partial charge in [-0.1, -0.05) is 0 Å². The maximum Gasteiger partial charge on any atom is 0.232 e. The number of nitrogens with zero attached hydrogens (tertiary/aromatic N) is 7. The van der Waals surface area contributed by atoms with E-state index in [1.165, 1.54) is 0 Å². The zero-order chi connectivity index (χ0) is 24.5. The maximum absolute atomic E-state index is 9.84. The number of nitrogens with one attached hydrogen (secondary N) is 1. The van der Waals surface area contributed by atoms with Gasteiger partial charge in [0.15, 0.2) is 23.0 Å². The first-order valence-electron chi connectivity index (χ1n) is 11.2. The number of hydrogen-bond donors (Lipinski definition) is 2. The van der Waals surface area contributed by atoms with Crippen LogP contribution in [0, 0.1) is 0 Å². The van der Waals surface area contributed by atoms with Crippen LogP contribution in [-0.4, -0.2) is 74.9 Å². The van der Waals surface area contributed by atoms with E-state index in [1.54, 1.807) is 38.5 Å². The summed E-state index contributed by atoms with van der Waals surface area (Å²) >= 11 is 0. The number of aliphatic hydroxyl groups excluding tert-OH is 1. The second-order valence-corrected chi connectivity index (χ2v) is 8.22. The van der Waals surface area contributed by atoms with Crippen LogP contribution in [-0.2, 0) is 7.05 Å². The molecule has 184 valence electrons. The second kappa shape index (κ2) is 9.29. The van der Waals surface area contributed by atoms with Crippen LogP contribution in [0.25, 0.3) is 16.7 Å². The third-order valence-electron chi connectivity index (χ3n) is 6.20. The van der Waals surface area contributed by atoms with Crippen molar-refractivity contribution in [2.75, 3.05) is 44.7 Å². The Labute approximate surface area is 202 Å². The lowest BCUT2D eigenvalue weighted by atomic mass is 10.2. The van der Waals surface area contributed by atoms with Gasteiger partial charge in [-0.05, 0) is 12.8 Å². The Kier molecular flexibility index (Phi) is 6.03. The average Bonchev–Trinajstić information content (AvgIpc) is 3.63. The molecule has 4 aromatic rings. The van der Waals surface area contributed by atoms with Crippen molar-refractivity contribution in [2.45, 2.75) is 18.9 Å². The largest absolute Gasteiger partial charge is 0.493 e. The van der Waals surface area contributed by atoms with Crippen LogP contribution in [0.1, 0.15) is 12.8 Å². The van der Waals surface area contributed by atoms with Crippen molar-refractivity contribution in [3.05, 3.63) is 30.9 Å². The van der Waals surface area contributed by atoms with E-state index in [1.807, 2.05) is 29.9 Å². The van der Waals surface area contributed by atoms with Gasteiger partial charge in [-0.15, -0.1) is 0 Å². The number of imidazole rings is 1. The lowest BCUT2D eigenvalue weighted by Crippen LogP contribution is -2.33. The minimum absolute atomic E-state index is 0.0281. The van der Waals surface area contributed by atoms with Gasteiger partial charge in [-0.2, -0.15) is 15.1 Å². The SMILES string of the molecule is COc1cc(-n2cnc(Nc3nc(N4CCCC4CO)c4cnn(C)c4n3)c2)cc(OC)c1OC. The molecular formula is C23H28N8O4. The lowest BCUT2D eigenvalue weighted by Gasteiger charge is -2.24. The van der Waals surface area contributed by atoms with Crippen LogP contribution in [0.3, 0.4) is 0 Å². The van der Waals surface area contributed by atoms with E-state index < -0.39 is 0 Å². The summed E-state index contributed by atoms with van der Waals surface area (Å²) in [5.74, 6) is 3.32. The molecule has 1 aliphatic heterocycles. The third-order valence-corrected chi connectivity index (χ3v) is 6.20. The molecule has 3 aromatic heterocycles. The summed E-state index contributed by atoms with van der Waals surface area (Å²) in [5, 5.41) is 18.3. The first-order chi connectivity index (χ1) is 17.1. The highest BCUT2D eigenvalue weighted by Crippen LogP contribution is 2.39. The van der Waals surface area contributed by atoms with Crippen molar-refractivity contribution in [1.29, 1.82) is 0 Å². The molecule has 1 aromatic carbocycles. The van der Waals surface area contributed by atoms with Crippen molar-refractivity contribution < 1.29 is 19.3 Å². The molecule has 0 saturated carbocycles. The number of benzene rings is 1. The molecule has 0 bridgehead atoms. The Morgan fingerprint density at radius 1 is 1.11 bits per heavy atom. The Balaban J connectivity index is 1.48. The fourth-order valence-electron chi connectivity index (χ4n) is 4.45. The van der Waals surface area contributed by atoms with E-state index in [0.717, 1.165) is 36.3 Å². The maximum atomic E-state index is 9.84. The first-order valence-corrected chi connectivity index (χ1v) is 11.2. The Morgan fingerprint density at radius 3 is 2.57 bits per heavy atom. The zero-order valence-corrected chi connectivity index (χ0v) is 20.1. The number of aryl methyl sites for hydroxylation is 1. The molecule has 1 atom stereocenters. The molecule has 2 N–H and O–H groups in total. The highest BCUT2D eigenvalue weighted by molar-refractivity contribution is 5.88. The second-order valence-electron chi connectivity index (χ2n) is 8.22. The molecular weight excluding hydrogens is 452 g/mol. The fourth-order valence-corrected chi connectivity index (χ4v) is 4.45. The van der Waals surface area contributed by atoms with Gasteiger partial charge in [0.05, 0.1) is 57.4 Å². The van der Waals surface area contributed by atoms with E-state index >= 15 is 0 Å². The molecule has 35 heavy (non-hydrogen) atoms. The highest BCUT2D eigenvalue weighted by atomic mass is 16.5. The van der Waals surface area contributed by atoms with Crippen molar-refractivity contribution in [1.82, 2.24) is 29.3 Å². The molecule has 4 heterocycles. The summed E-state index contributed by atoms with van der Waals surface area (Å²) < 4.78 is 19.9. The van der Waals surface area contributed by atoms with Crippen LogP contribution < -0.4 is 24.4 Å². The van der Waals surface area contributed by atoms with Crippen molar-refractivity contribution in [3.63, 3.8) is 0 Å². The van der Waals surface area contributed by atoms with Gasteiger partial charge in [0.25, 0.3) is 0 Å². The third kappa shape index (κ3) is 4.05. The average molecular weight is 481 g/mol. The Hall–Kier alpha value is -4.06. The number of rotatable bonds is 8. The number of hydrogen-bond acceptors (Lipinski definition) is 10. The monoisotopic (exact) mass is 480 g/mol. The van der Waals surface area contributed by atoms with Crippen LogP contribution in [0.2, 0.25) is 0 Å². The number of anilines is 3. The molecule has 12 nitrogen and oxygen atoms in total. The molecule has 0 spiro atoms. The summed E-state index contributed by atoms with van der Waals surface area (Å²) in [6, 6.07) is 3.71. The molecule has 12 heteroatoms. The van der Waals surface area contributed by atoms with Gasteiger partial charge in [0.2, 0.25) is 11.7 Å². The summed E-state index contributed by atoms with van der Waals surface area (Å²) in [6.07, 6.45) is 7.18. The normalized spacial score (nSPS) is 15.6. The number of fused-ring (bicyclic) bond motifs is 1. The van der Waals surface area contributed by atoms with E-state index in [2.05, 4.69) is 25.3 Å². The Morgan fingerprint density at radius 2 is 1.89 bits per heavy atom. The smallest absolute Gasteiger partial charge is 0.232 e. The number of aliphatic hydroxyl groups is 1. The standard InChI is InChI=1S/C23H28N8O4/c1-29-21-16(10-25-29)22(31-7-5-6-14(31)12-32)28-23(27-21)26-19-11-30(13-24-19)15-8-17(33-2)20(35-4)18(9-15)34-3/h8-11,13-14,32H,5-7,12H2,1-4H3,(H,26,27,28). The predicted molar refractivity (Wildman–Crippen MR) is 130 cm³/mol. The predicted octanol–water partition coefficient (Wildman–Crippen LogP) is 2.28. The van der Waals surface area contributed by atoms with Crippen LogP contribution in [0.5, 0.6) is 17.2 Å². The topological polar surface area (TPSA) is 125 Å². The van der Waals surface area contributed by atoms with Crippen molar-refractivity contribution >= 4 is 28.6 Å². The van der Waals surface area contributed by atoms with E-state index in [9.17, 15) is 5.11 Å². The highest BCUT2D eigenvalue weighted by Gasteiger charge is 2.28. The van der Waals surface area contributed by atoms with Crippen molar-refractivity contribution in [3.8, 4) is 22.9 Å². The Bertz CT molecular complexity index is 1330. The van der Waals surface area contributed by atoms with Gasteiger partial charge < -0.3 is 34.1 Å². The fraction of sp³-hybridized carbons (Fsp3) is 0.391. The lowest BCUT2D eigenvalue weighted by molar-refractivity contribution is 0.266. The summed E-state index contributed by atoms with van der Waals surface area (Å²) in [5.41, 5.74) is 1.48. The molecule has 0 aliphatic carbocycles. The summed E-state index contributed by atoms with van der Waals surface area (Å²) in [4.78, 5) is 16.0. The molecule has 0 radical (unpaired) electrons. The van der Waals surface area contributed by atoms with Gasteiger partial charge >= 0.3 is 0 Å². The summed E-state index contributed by atoms with van der Waals surface area (Å²) in [7, 11) is 6.56. The van der Waals surface area contributed by atoms with E-state index in [-0.39, 0.29) is 12.6 Å². The quantitative estimate of drug-likeness (QED) is 0.388. The number of methoxy groups -OCH3 is 3. The number of ether oxygens (including phenoxy) is 3. The number of aromatic nitrogens is 6. The van der Waals surface area contributed by atoms with Gasteiger partial charge in [-0.25, -0.2) is 4.98 Å². The minimum Gasteiger partial charge on any atom is -0.493 e. The molecule has 0 amide bonds. The molecule has 5 rings (SSSR count). The minimum atomic E-state index is 0.0281.